The van der Waals surface area contributed by atoms with Gasteiger partial charge in [0.2, 0.25) is 5.91 Å². The number of benzene rings is 1. The lowest BCUT2D eigenvalue weighted by atomic mass is 10.2. The topological polar surface area (TPSA) is 75.6 Å². The first-order valence-electron chi connectivity index (χ1n) is 5.95. The van der Waals surface area contributed by atoms with E-state index in [-0.39, 0.29) is 12.5 Å². The number of ether oxygens (including phenoxy) is 1. The van der Waals surface area contributed by atoms with Gasteiger partial charge >= 0.3 is 5.97 Å². The van der Waals surface area contributed by atoms with Gasteiger partial charge < -0.3 is 15.2 Å². The van der Waals surface area contributed by atoms with Crippen LogP contribution in [0.15, 0.2) is 35.9 Å². The van der Waals surface area contributed by atoms with Gasteiger partial charge in [-0.15, -0.1) is 0 Å². The molecule has 1 aromatic carbocycles. The van der Waals surface area contributed by atoms with Crippen molar-refractivity contribution in [3.63, 3.8) is 0 Å². The van der Waals surface area contributed by atoms with E-state index in [4.69, 9.17) is 9.84 Å². The quantitative estimate of drug-likeness (QED) is 0.773. The highest BCUT2D eigenvalue weighted by molar-refractivity contribution is 5.88. The fourth-order valence-electron chi connectivity index (χ4n) is 1.49. The molecule has 0 aliphatic rings. The number of hydrogen-bond donors (Lipinski definition) is 2. The van der Waals surface area contributed by atoms with Crippen molar-refractivity contribution in [1.29, 1.82) is 0 Å². The number of carboxylic acid groups (broad SMARTS) is 1. The Kier molecular flexibility index (Phi) is 5.60. The minimum Gasteiger partial charge on any atom is -0.489 e. The third kappa shape index (κ3) is 5.25. The van der Waals surface area contributed by atoms with Gasteiger partial charge in [-0.3, -0.25) is 4.79 Å². The molecule has 19 heavy (non-hydrogen) atoms. The number of carbonyl (C=O) groups excluding carboxylic acids is 1. The highest BCUT2D eigenvalue weighted by Gasteiger charge is 2.03. The van der Waals surface area contributed by atoms with Gasteiger partial charge in [0.1, 0.15) is 12.4 Å². The van der Waals surface area contributed by atoms with E-state index in [1.165, 1.54) is 13.0 Å². The Morgan fingerprint density at radius 2 is 2.16 bits per heavy atom. The van der Waals surface area contributed by atoms with Crippen molar-refractivity contribution in [3.05, 3.63) is 35.9 Å². The van der Waals surface area contributed by atoms with Crippen molar-refractivity contribution in [2.75, 3.05) is 11.9 Å². The van der Waals surface area contributed by atoms with Crippen LogP contribution in [0.4, 0.5) is 5.69 Å². The first-order valence-corrected chi connectivity index (χ1v) is 5.95. The summed E-state index contributed by atoms with van der Waals surface area (Å²) >= 11 is 0. The predicted molar refractivity (Wildman–Crippen MR) is 72.3 cm³/mol. The number of aliphatic carboxylic acids is 1. The van der Waals surface area contributed by atoms with Crippen LogP contribution in [0.1, 0.15) is 20.3 Å². The Morgan fingerprint density at radius 1 is 1.42 bits per heavy atom. The number of carbonyl (C=O) groups is 2. The van der Waals surface area contributed by atoms with E-state index in [9.17, 15) is 9.59 Å². The zero-order chi connectivity index (χ0) is 14.3. The van der Waals surface area contributed by atoms with Gasteiger partial charge in [-0.2, -0.15) is 0 Å². The minimum absolute atomic E-state index is 0.156. The Hall–Kier alpha value is -2.30. The maximum atomic E-state index is 10.9. The number of rotatable bonds is 6. The minimum atomic E-state index is -0.932. The van der Waals surface area contributed by atoms with Crippen LogP contribution in [-0.2, 0) is 9.59 Å². The lowest BCUT2D eigenvalue weighted by Crippen LogP contribution is -2.06. The molecule has 0 fully saturated rings. The molecule has 0 unspecified atom stereocenters. The van der Waals surface area contributed by atoms with Crippen LogP contribution in [-0.4, -0.2) is 23.6 Å². The molecular formula is C14H17NO4. The fraction of sp³-hybridized carbons (Fsp3) is 0.286. The van der Waals surface area contributed by atoms with Crippen molar-refractivity contribution in [2.45, 2.75) is 20.3 Å². The van der Waals surface area contributed by atoms with Crippen LogP contribution >= 0.6 is 0 Å². The first kappa shape index (κ1) is 14.8. The van der Waals surface area contributed by atoms with Gasteiger partial charge in [0, 0.05) is 24.3 Å². The Balaban J connectivity index is 2.63. The summed E-state index contributed by atoms with van der Waals surface area (Å²) in [6, 6.07) is 6.92. The monoisotopic (exact) mass is 263 g/mol. The zero-order valence-electron chi connectivity index (χ0n) is 11.0. The van der Waals surface area contributed by atoms with Crippen molar-refractivity contribution < 1.29 is 19.4 Å². The second kappa shape index (κ2) is 7.20. The van der Waals surface area contributed by atoms with E-state index in [2.05, 4.69) is 5.32 Å². The van der Waals surface area contributed by atoms with E-state index in [0.29, 0.717) is 23.4 Å². The van der Waals surface area contributed by atoms with E-state index < -0.39 is 5.97 Å². The summed E-state index contributed by atoms with van der Waals surface area (Å²) in [5.74, 6) is -0.516. The predicted octanol–water partition coefficient (Wildman–Crippen LogP) is 2.44. The number of nitrogens with one attached hydrogen (secondary N) is 1. The summed E-state index contributed by atoms with van der Waals surface area (Å²) in [5, 5.41) is 11.5. The largest absolute Gasteiger partial charge is 0.489 e. The van der Waals surface area contributed by atoms with Crippen molar-refractivity contribution in [2.24, 2.45) is 0 Å². The van der Waals surface area contributed by atoms with Gasteiger partial charge in [-0.25, -0.2) is 4.79 Å². The van der Waals surface area contributed by atoms with Gasteiger partial charge in [0.25, 0.3) is 0 Å². The average Bonchev–Trinajstić information content (AvgIpc) is 2.34. The molecule has 0 radical (unpaired) electrons. The molecule has 1 aromatic rings. The molecule has 0 saturated carbocycles. The second-order valence-electron chi connectivity index (χ2n) is 3.91. The lowest BCUT2D eigenvalue weighted by Gasteiger charge is -2.07. The maximum absolute atomic E-state index is 10.9. The highest BCUT2D eigenvalue weighted by Crippen LogP contribution is 2.17. The third-order valence-corrected chi connectivity index (χ3v) is 2.39. The lowest BCUT2D eigenvalue weighted by molar-refractivity contribution is -0.132. The Morgan fingerprint density at radius 3 is 2.74 bits per heavy atom. The molecule has 0 bridgehead atoms. The summed E-state index contributed by atoms with van der Waals surface area (Å²) in [5.41, 5.74) is 0.959. The molecule has 0 heterocycles. The van der Waals surface area contributed by atoms with Crippen LogP contribution in [0.25, 0.3) is 0 Å². The van der Waals surface area contributed by atoms with Crippen molar-refractivity contribution in [1.82, 2.24) is 0 Å². The molecule has 5 nitrogen and oxygen atoms in total. The second-order valence-corrected chi connectivity index (χ2v) is 3.91. The van der Waals surface area contributed by atoms with Crippen molar-refractivity contribution in [3.8, 4) is 5.75 Å². The van der Waals surface area contributed by atoms with E-state index in [1.807, 2.05) is 0 Å². The molecule has 5 heteroatoms. The summed E-state index contributed by atoms with van der Waals surface area (Å²) < 4.78 is 5.42. The van der Waals surface area contributed by atoms with Gasteiger partial charge in [-0.05, 0) is 24.6 Å². The Bertz CT molecular complexity index is 494. The van der Waals surface area contributed by atoms with Gasteiger partial charge in [0.15, 0.2) is 0 Å². The van der Waals surface area contributed by atoms with E-state index in [0.717, 1.165) is 0 Å². The van der Waals surface area contributed by atoms with Crippen LogP contribution in [0, 0.1) is 0 Å². The SMILES string of the molecule is CCC(=CCOc1cccc(NC(C)=O)c1)C(=O)O. The highest BCUT2D eigenvalue weighted by atomic mass is 16.5. The van der Waals surface area contributed by atoms with Crippen LogP contribution in [0.5, 0.6) is 5.75 Å². The summed E-state index contributed by atoms with van der Waals surface area (Å²) in [6.45, 7) is 3.38. The molecule has 1 rings (SSSR count). The average molecular weight is 263 g/mol. The van der Waals surface area contributed by atoms with E-state index in [1.54, 1.807) is 31.2 Å². The summed E-state index contributed by atoms with van der Waals surface area (Å²) in [4.78, 5) is 21.7. The molecule has 0 aromatic heterocycles. The van der Waals surface area contributed by atoms with Crippen LogP contribution < -0.4 is 10.1 Å². The fourth-order valence-corrected chi connectivity index (χ4v) is 1.49. The van der Waals surface area contributed by atoms with Gasteiger partial charge in [-0.1, -0.05) is 13.0 Å². The van der Waals surface area contributed by atoms with Gasteiger partial charge in [0.05, 0.1) is 0 Å². The molecule has 0 aliphatic carbocycles. The third-order valence-electron chi connectivity index (χ3n) is 2.39. The Labute approximate surface area is 111 Å². The number of anilines is 1. The number of carboxylic acids is 1. The molecule has 102 valence electrons. The molecule has 0 spiro atoms. The molecule has 2 N–H and O–H groups in total. The summed E-state index contributed by atoms with van der Waals surface area (Å²) in [6.07, 6.45) is 1.98. The normalized spacial score (nSPS) is 10.9. The van der Waals surface area contributed by atoms with Crippen LogP contribution in [0.3, 0.4) is 0 Å². The molecule has 0 saturated heterocycles. The molecule has 1 amide bonds. The zero-order valence-corrected chi connectivity index (χ0v) is 11.0. The van der Waals surface area contributed by atoms with Crippen molar-refractivity contribution >= 4 is 17.6 Å². The first-order chi connectivity index (χ1) is 9.02. The molecule has 0 atom stereocenters. The maximum Gasteiger partial charge on any atom is 0.331 e. The smallest absolute Gasteiger partial charge is 0.331 e. The van der Waals surface area contributed by atoms with Crippen LogP contribution in [0.2, 0.25) is 0 Å². The molecular weight excluding hydrogens is 246 g/mol. The number of hydrogen-bond acceptors (Lipinski definition) is 3. The summed E-state index contributed by atoms with van der Waals surface area (Å²) in [7, 11) is 0. The number of amides is 1. The molecule has 0 aliphatic heterocycles. The standard InChI is InChI=1S/C14H17NO4/c1-3-11(14(17)18)7-8-19-13-6-4-5-12(9-13)15-10(2)16/h4-7,9H,3,8H2,1-2H3,(H,15,16)(H,17,18). The van der Waals surface area contributed by atoms with E-state index >= 15 is 0 Å².